The number of carboxylic acid groups (broad SMARTS) is 2. The predicted octanol–water partition coefficient (Wildman–Crippen LogP) is 3.58. The molecular formula is C26H27F6N7O6. The molecule has 19 heteroatoms. The van der Waals surface area contributed by atoms with E-state index in [1.165, 1.54) is 12.7 Å². The van der Waals surface area contributed by atoms with Gasteiger partial charge >= 0.3 is 30.4 Å². The molecule has 1 fully saturated rings. The molecule has 3 aromatic rings. The highest BCUT2D eigenvalue weighted by Gasteiger charge is 2.46. The number of carbonyl (C=O) groups is 3. The highest BCUT2D eigenvalue weighted by Crippen LogP contribution is 2.39. The first-order valence-electron chi connectivity index (χ1n) is 13.0. The van der Waals surface area contributed by atoms with E-state index in [0.717, 1.165) is 49.7 Å². The lowest BCUT2D eigenvalue weighted by Gasteiger charge is -2.48. The number of ether oxygens (including phenoxy) is 1. The van der Waals surface area contributed by atoms with Gasteiger partial charge in [-0.05, 0) is 36.6 Å². The van der Waals surface area contributed by atoms with Crippen molar-refractivity contribution >= 4 is 18.0 Å². The number of likely N-dealkylation sites (tertiary alicyclic amines) is 1. The van der Waals surface area contributed by atoms with E-state index in [0.29, 0.717) is 13.1 Å². The van der Waals surface area contributed by atoms with Crippen LogP contribution in [-0.4, -0.2) is 102 Å². The van der Waals surface area contributed by atoms with Gasteiger partial charge in [-0.3, -0.25) is 19.8 Å². The molecule has 2 N–H and O–H groups in total. The number of aliphatic carboxylic acids is 2. The average molecular weight is 648 g/mol. The maximum absolute atomic E-state index is 12.4. The van der Waals surface area contributed by atoms with E-state index in [1.54, 1.807) is 17.3 Å². The fourth-order valence-electron chi connectivity index (χ4n) is 4.77. The first-order valence-corrected chi connectivity index (χ1v) is 13.0. The zero-order valence-corrected chi connectivity index (χ0v) is 23.5. The van der Waals surface area contributed by atoms with Gasteiger partial charge in [0.2, 0.25) is 0 Å². The number of nitrogens with zero attached hydrogens (tertiary/aromatic N) is 7. The summed E-state index contributed by atoms with van der Waals surface area (Å²) in [5.74, 6) is -3.91. The van der Waals surface area contributed by atoms with Gasteiger partial charge in [-0.15, -0.1) is 10.2 Å². The Bertz CT molecular complexity index is 1420. The molecule has 0 saturated carbocycles. The van der Waals surface area contributed by atoms with Crippen LogP contribution in [0.3, 0.4) is 0 Å². The summed E-state index contributed by atoms with van der Waals surface area (Å²) in [6, 6.07) is 7.99. The number of alkyl halides is 6. The molecule has 0 radical (unpaired) electrons. The SMILES string of the molecule is COC(=O)N1Cc2nnc(-c3cccnc3)n2C2(CCN(Cc3cccnc3)CC2)C1.O=C(O)C(F)(F)F.O=C(O)C(F)(F)F. The van der Waals surface area contributed by atoms with Crippen LogP contribution in [0.25, 0.3) is 11.4 Å². The summed E-state index contributed by atoms with van der Waals surface area (Å²) in [7, 11) is 1.42. The molecule has 2 aliphatic heterocycles. The second-order valence-corrected chi connectivity index (χ2v) is 9.81. The van der Waals surface area contributed by atoms with Gasteiger partial charge in [-0.1, -0.05) is 6.07 Å². The molecule has 1 saturated heterocycles. The second-order valence-electron chi connectivity index (χ2n) is 9.81. The summed E-state index contributed by atoms with van der Waals surface area (Å²) in [5, 5.41) is 23.2. The maximum Gasteiger partial charge on any atom is 0.490 e. The van der Waals surface area contributed by atoms with E-state index < -0.39 is 24.3 Å². The minimum Gasteiger partial charge on any atom is -0.475 e. The van der Waals surface area contributed by atoms with Gasteiger partial charge in [-0.2, -0.15) is 26.3 Å². The Hall–Kier alpha value is -4.81. The quantitative estimate of drug-likeness (QED) is 0.400. The van der Waals surface area contributed by atoms with Crippen LogP contribution in [0.15, 0.2) is 49.1 Å². The van der Waals surface area contributed by atoms with Gasteiger partial charge in [0.15, 0.2) is 11.6 Å². The molecule has 0 bridgehead atoms. The van der Waals surface area contributed by atoms with Crippen molar-refractivity contribution in [3.8, 4) is 11.4 Å². The molecule has 5 rings (SSSR count). The number of hydrogen-bond acceptors (Lipinski definition) is 9. The predicted molar refractivity (Wildman–Crippen MR) is 140 cm³/mol. The largest absolute Gasteiger partial charge is 0.490 e. The van der Waals surface area contributed by atoms with Crippen LogP contribution in [0, 0.1) is 0 Å². The summed E-state index contributed by atoms with van der Waals surface area (Å²) >= 11 is 0. The van der Waals surface area contributed by atoms with E-state index in [9.17, 15) is 31.1 Å². The average Bonchev–Trinajstić information content (AvgIpc) is 3.44. The molecule has 1 spiro atoms. The first kappa shape index (κ1) is 34.7. The number of piperidine rings is 1. The van der Waals surface area contributed by atoms with Crippen LogP contribution in [0.4, 0.5) is 31.1 Å². The van der Waals surface area contributed by atoms with Gasteiger partial charge in [0.25, 0.3) is 0 Å². The molecule has 0 atom stereocenters. The number of fused-ring (bicyclic) bond motifs is 2. The number of carbonyl (C=O) groups excluding carboxylic acids is 1. The maximum atomic E-state index is 12.4. The monoisotopic (exact) mass is 647 g/mol. The summed E-state index contributed by atoms with van der Waals surface area (Å²) in [4.78, 5) is 42.9. The van der Waals surface area contributed by atoms with E-state index in [1.807, 2.05) is 30.6 Å². The summed E-state index contributed by atoms with van der Waals surface area (Å²) in [6.07, 6.45) is -1.43. The van der Waals surface area contributed by atoms with Crippen LogP contribution in [-0.2, 0) is 33.0 Å². The molecule has 45 heavy (non-hydrogen) atoms. The molecular weight excluding hydrogens is 620 g/mol. The summed E-state index contributed by atoms with van der Waals surface area (Å²) < 4.78 is 70.8. The van der Waals surface area contributed by atoms with Crippen LogP contribution < -0.4 is 0 Å². The number of aromatic nitrogens is 5. The third-order valence-corrected chi connectivity index (χ3v) is 6.78. The van der Waals surface area contributed by atoms with Crippen molar-refractivity contribution in [2.75, 3.05) is 26.7 Å². The third-order valence-electron chi connectivity index (χ3n) is 6.78. The van der Waals surface area contributed by atoms with Crippen molar-refractivity contribution in [2.24, 2.45) is 0 Å². The molecule has 0 aromatic carbocycles. The van der Waals surface area contributed by atoms with Crippen molar-refractivity contribution < 1.29 is 55.7 Å². The highest BCUT2D eigenvalue weighted by atomic mass is 19.4. The van der Waals surface area contributed by atoms with Crippen molar-refractivity contribution in [1.29, 1.82) is 0 Å². The van der Waals surface area contributed by atoms with Crippen molar-refractivity contribution in [3.05, 3.63) is 60.4 Å². The van der Waals surface area contributed by atoms with Crippen LogP contribution in [0.1, 0.15) is 24.2 Å². The van der Waals surface area contributed by atoms with Crippen LogP contribution >= 0.6 is 0 Å². The first-order chi connectivity index (χ1) is 21.1. The topological polar surface area (TPSA) is 164 Å². The van der Waals surface area contributed by atoms with Crippen LogP contribution in [0.5, 0.6) is 0 Å². The standard InChI is InChI=1S/C22H25N7O2.2C2HF3O2/c1-31-21(30)28-15-19-25-26-20(18-5-3-9-24-13-18)29(19)22(16-28)6-10-27(11-7-22)14-17-4-2-8-23-12-17;2*3-2(4,5)1(6)7/h2-5,8-9,12-13H,6-7,10-11,14-16H2,1H3;2*(H,6,7). The fourth-order valence-corrected chi connectivity index (χ4v) is 4.77. The van der Waals surface area contributed by atoms with Gasteiger partial charge in [0.05, 0.1) is 19.2 Å². The van der Waals surface area contributed by atoms with Crippen molar-refractivity contribution in [3.63, 3.8) is 0 Å². The number of hydrogen-bond donors (Lipinski definition) is 2. The number of halogens is 6. The molecule has 5 heterocycles. The number of rotatable bonds is 3. The molecule has 244 valence electrons. The lowest BCUT2D eigenvalue weighted by Crippen LogP contribution is -2.57. The van der Waals surface area contributed by atoms with Crippen molar-refractivity contribution in [2.45, 2.75) is 43.8 Å². The Balaban J connectivity index is 0.000000331. The Morgan fingerprint density at radius 3 is 1.93 bits per heavy atom. The summed E-state index contributed by atoms with van der Waals surface area (Å²) in [6.45, 7) is 3.66. The number of methoxy groups -OCH3 is 1. The van der Waals surface area contributed by atoms with Gasteiger partial charge in [0.1, 0.15) is 0 Å². The second kappa shape index (κ2) is 14.3. The minimum absolute atomic E-state index is 0.276. The number of carboxylic acids is 2. The molecule has 2 aliphatic rings. The Morgan fingerprint density at radius 1 is 0.911 bits per heavy atom. The fraction of sp³-hybridized carbons (Fsp3) is 0.423. The molecule has 1 amide bonds. The zero-order chi connectivity index (χ0) is 33.4. The smallest absolute Gasteiger partial charge is 0.475 e. The third kappa shape index (κ3) is 9.10. The lowest BCUT2D eigenvalue weighted by molar-refractivity contribution is -0.193. The minimum atomic E-state index is -5.08. The van der Waals surface area contributed by atoms with Gasteiger partial charge < -0.3 is 19.5 Å². The number of pyridine rings is 2. The van der Waals surface area contributed by atoms with Gasteiger partial charge in [-0.25, -0.2) is 14.4 Å². The highest BCUT2D eigenvalue weighted by molar-refractivity contribution is 5.73. The van der Waals surface area contributed by atoms with E-state index >= 15 is 0 Å². The summed E-state index contributed by atoms with van der Waals surface area (Å²) in [5.41, 5.74) is 1.87. The van der Waals surface area contributed by atoms with Crippen molar-refractivity contribution in [1.82, 2.24) is 34.5 Å². The Morgan fingerprint density at radius 2 is 1.47 bits per heavy atom. The normalized spacial score (nSPS) is 15.9. The molecule has 3 aromatic heterocycles. The lowest BCUT2D eigenvalue weighted by atomic mass is 9.84. The molecule has 0 aliphatic carbocycles. The van der Waals surface area contributed by atoms with E-state index in [2.05, 4.69) is 35.7 Å². The van der Waals surface area contributed by atoms with E-state index in [4.69, 9.17) is 24.5 Å². The Labute approximate surface area is 251 Å². The zero-order valence-electron chi connectivity index (χ0n) is 23.5. The number of amides is 1. The molecule has 0 unspecified atom stereocenters. The van der Waals surface area contributed by atoms with E-state index in [-0.39, 0.29) is 11.6 Å². The Kier molecular flexibility index (Phi) is 11.0. The van der Waals surface area contributed by atoms with Crippen LogP contribution in [0.2, 0.25) is 0 Å². The van der Waals surface area contributed by atoms with Gasteiger partial charge in [0, 0.05) is 56.5 Å². The molecule has 13 nitrogen and oxygen atoms in total.